The van der Waals surface area contributed by atoms with Crippen LogP contribution in [0.25, 0.3) is 0 Å². The van der Waals surface area contributed by atoms with E-state index in [2.05, 4.69) is 10.6 Å². The molecule has 1 aromatic rings. The van der Waals surface area contributed by atoms with Gasteiger partial charge in [0.15, 0.2) is 0 Å². The maximum atomic E-state index is 11.6. The molecule has 0 aromatic heterocycles. The van der Waals surface area contributed by atoms with E-state index in [0.717, 1.165) is 18.5 Å². The van der Waals surface area contributed by atoms with Crippen LogP contribution in [0.1, 0.15) is 29.6 Å². The van der Waals surface area contributed by atoms with Gasteiger partial charge in [-0.05, 0) is 37.5 Å². The first-order valence-corrected chi connectivity index (χ1v) is 6.51. The second-order valence-electron chi connectivity index (χ2n) is 4.98. The summed E-state index contributed by atoms with van der Waals surface area (Å²) in [4.78, 5) is 11.6. The maximum Gasteiger partial charge on any atom is 0.251 e. The predicted octanol–water partition coefficient (Wildman–Crippen LogP) is 1.61. The SMILES string of the molecule is CNC(=O)c1ccc(N)c(NCC2(OC)CCC2)c1. The van der Waals surface area contributed by atoms with Crippen molar-refractivity contribution in [1.82, 2.24) is 5.32 Å². The van der Waals surface area contributed by atoms with Crippen molar-refractivity contribution < 1.29 is 9.53 Å². The predicted molar refractivity (Wildman–Crippen MR) is 76.3 cm³/mol. The topological polar surface area (TPSA) is 76.4 Å². The summed E-state index contributed by atoms with van der Waals surface area (Å²) < 4.78 is 5.55. The van der Waals surface area contributed by atoms with Crippen LogP contribution in [-0.2, 0) is 4.74 Å². The monoisotopic (exact) mass is 263 g/mol. The molecule has 1 saturated carbocycles. The number of benzene rings is 1. The van der Waals surface area contributed by atoms with Crippen LogP contribution in [0.5, 0.6) is 0 Å². The highest BCUT2D eigenvalue weighted by Crippen LogP contribution is 2.35. The first-order valence-electron chi connectivity index (χ1n) is 6.51. The number of ether oxygens (including phenoxy) is 1. The number of carbonyl (C=O) groups excluding carboxylic acids is 1. The smallest absolute Gasteiger partial charge is 0.251 e. The van der Waals surface area contributed by atoms with Gasteiger partial charge in [0, 0.05) is 26.3 Å². The second-order valence-corrected chi connectivity index (χ2v) is 4.98. The van der Waals surface area contributed by atoms with Crippen molar-refractivity contribution in [1.29, 1.82) is 0 Å². The van der Waals surface area contributed by atoms with Gasteiger partial charge in [0.1, 0.15) is 0 Å². The molecule has 0 heterocycles. The first-order chi connectivity index (χ1) is 9.10. The minimum atomic E-state index is -0.117. The third-order valence-electron chi connectivity index (χ3n) is 3.84. The summed E-state index contributed by atoms with van der Waals surface area (Å²) in [5.41, 5.74) is 7.87. The van der Waals surface area contributed by atoms with Gasteiger partial charge in [-0.3, -0.25) is 4.79 Å². The standard InChI is InChI=1S/C14H21N3O2/c1-16-13(18)10-4-5-11(15)12(8-10)17-9-14(19-2)6-3-7-14/h4-5,8,17H,3,6-7,9,15H2,1-2H3,(H,16,18). The number of nitrogens with two attached hydrogens (primary N) is 1. The number of rotatable bonds is 5. The van der Waals surface area contributed by atoms with E-state index in [9.17, 15) is 4.79 Å². The van der Waals surface area contributed by atoms with Gasteiger partial charge in [-0.2, -0.15) is 0 Å². The molecule has 0 spiro atoms. The minimum Gasteiger partial charge on any atom is -0.397 e. The molecule has 1 aliphatic rings. The zero-order valence-electron chi connectivity index (χ0n) is 11.5. The van der Waals surface area contributed by atoms with Gasteiger partial charge >= 0.3 is 0 Å². The summed E-state index contributed by atoms with van der Waals surface area (Å²) in [6.07, 6.45) is 3.32. The first kappa shape index (κ1) is 13.7. The Hall–Kier alpha value is -1.75. The summed E-state index contributed by atoms with van der Waals surface area (Å²) >= 11 is 0. The highest BCUT2D eigenvalue weighted by atomic mass is 16.5. The van der Waals surface area contributed by atoms with E-state index >= 15 is 0 Å². The average Bonchev–Trinajstić information content (AvgIpc) is 2.39. The minimum absolute atomic E-state index is 0.0739. The molecule has 0 atom stereocenters. The molecule has 0 saturated heterocycles. The lowest BCUT2D eigenvalue weighted by Crippen LogP contribution is -2.45. The molecule has 0 bridgehead atoms. The van der Waals surface area contributed by atoms with E-state index in [4.69, 9.17) is 10.5 Å². The lowest BCUT2D eigenvalue weighted by molar-refractivity contribution is -0.0601. The molecular weight excluding hydrogens is 242 g/mol. The molecule has 1 aliphatic carbocycles. The van der Waals surface area contributed by atoms with Gasteiger partial charge in [0.05, 0.1) is 17.0 Å². The fraction of sp³-hybridized carbons (Fsp3) is 0.500. The summed E-state index contributed by atoms with van der Waals surface area (Å²) in [6.45, 7) is 0.713. The number of hydrogen-bond acceptors (Lipinski definition) is 4. The summed E-state index contributed by atoms with van der Waals surface area (Å²) in [5, 5.41) is 5.90. The summed E-state index contributed by atoms with van der Waals surface area (Å²) in [7, 11) is 3.35. The van der Waals surface area contributed by atoms with E-state index in [-0.39, 0.29) is 11.5 Å². The van der Waals surface area contributed by atoms with Crippen LogP contribution >= 0.6 is 0 Å². The van der Waals surface area contributed by atoms with Gasteiger partial charge in [-0.1, -0.05) is 0 Å². The van der Waals surface area contributed by atoms with Crippen molar-refractivity contribution in [2.75, 3.05) is 31.8 Å². The Kier molecular flexibility index (Phi) is 3.95. The lowest BCUT2D eigenvalue weighted by Gasteiger charge is -2.40. The fourth-order valence-electron chi connectivity index (χ4n) is 2.28. The van der Waals surface area contributed by atoms with E-state index in [1.165, 1.54) is 6.42 Å². The number of nitrogens with one attached hydrogen (secondary N) is 2. The third kappa shape index (κ3) is 2.81. The Balaban J connectivity index is 2.08. The van der Waals surface area contributed by atoms with Crippen LogP contribution in [0.3, 0.4) is 0 Å². The molecule has 1 amide bonds. The van der Waals surface area contributed by atoms with Crippen LogP contribution in [0.15, 0.2) is 18.2 Å². The van der Waals surface area contributed by atoms with E-state index in [1.54, 1.807) is 32.4 Å². The zero-order chi connectivity index (χ0) is 13.9. The maximum absolute atomic E-state index is 11.6. The number of methoxy groups -OCH3 is 1. The van der Waals surface area contributed by atoms with Crippen molar-refractivity contribution in [2.45, 2.75) is 24.9 Å². The Morgan fingerprint density at radius 1 is 1.47 bits per heavy atom. The molecule has 104 valence electrons. The van der Waals surface area contributed by atoms with Crippen molar-refractivity contribution in [3.05, 3.63) is 23.8 Å². The Labute approximate surface area is 113 Å². The Morgan fingerprint density at radius 2 is 2.21 bits per heavy atom. The van der Waals surface area contributed by atoms with Gasteiger partial charge in [-0.15, -0.1) is 0 Å². The summed E-state index contributed by atoms with van der Waals surface area (Å²) in [5.74, 6) is -0.117. The largest absolute Gasteiger partial charge is 0.397 e. The lowest BCUT2D eigenvalue weighted by atomic mass is 9.80. The van der Waals surface area contributed by atoms with Gasteiger partial charge in [0.25, 0.3) is 5.91 Å². The van der Waals surface area contributed by atoms with Crippen LogP contribution < -0.4 is 16.4 Å². The molecule has 1 aromatic carbocycles. The molecule has 4 N–H and O–H groups in total. The molecule has 0 aliphatic heterocycles. The van der Waals surface area contributed by atoms with E-state index in [0.29, 0.717) is 17.8 Å². The quantitative estimate of drug-likeness (QED) is 0.705. The number of nitrogen functional groups attached to an aromatic ring is 1. The number of amides is 1. The highest BCUT2D eigenvalue weighted by Gasteiger charge is 2.36. The zero-order valence-corrected chi connectivity index (χ0v) is 11.5. The normalized spacial score (nSPS) is 16.5. The van der Waals surface area contributed by atoms with Gasteiger partial charge < -0.3 is 21.1 Å². The van der Waals surface area contributed by atoms with Crippen LogP contribution in [0.2, 0.25) is 0 Å². The average molecular weight is 263 g/mol. The van der Waals surface area contributed by atoms with Gasteiger partial charge in [-0.25, -0.2) is 0 Å². The second kappa shape index (κ2) is 5.48. The number of anilines is 2. The molecular formula is C14H21N3O2. The number of hydrogen-bond donors (Lipinski definition) is 3. The molecule has 2 rings (SSSR count). The molecule has 0 radical (unpaired) electrons. The van der Waals surface area contributed by atoms with Crippen molar-refractivity contribution in [3.63, 3.8) is 0 Å². The van der Waals surface area contributed by atoms with Crippen LogP contribution in [-0.4, -0.2) is 32.2 Å². The van der Waals surface area contributed by atoms with Crippen molar-refractivity contribution in [2.24, 2.45) is 0 Å². The van der Waals surface area contributed by atoms with Crippen molar-refractivity contribution >= 4 is 17.3 Å². The van der Waals surface area contributed by atoms with Crippen LogP contribution in [0.4, 0.5) is 11.4 Å². The van der Waals surface area contributed by atoms with E-state index in [1.807, 2.05) is 0 Å². The summed E-state index contributed by atoms with van der Waals surface area (Å²) in [6, 6.07) is 5.23. The molecule has 5 heteroatoms. The van der Waals surface area contributed by atoms with Crippen molar-refractivity contribution in [3.8, 4) is 0 Å². The molecule has 5 nitrogen and oxygen atoms in total. The van der Waals surface area contributed by atoms with Crippen LogP contribution in [0, 0.1) is 0 Å². The molecule has 19 heavy (non-hydrogen) atoms. The fourth-order valence-corrected chi connectivity index (χ4v) is 2.28. The third-order valence-corrected chi connectivity index (χ3v) is 3.84. The Bertz CT molecular complexity index is 464. The molecule has 1 fully saturated rings. The van der Waals surface area contributed by atoms with Gasteiger partial charge in [0.2, 0.25) is 0 Å². The molecule has 0 unspecified atom stereocenters. The Morgan fingerprint density at radius 3 is 2.74 bits per heavy atom. The van der Waals surface area contributed by atoms with E-state index < -0.39 is 0 Å². The number of carbonyl (C=O) groups is 1. The highest BCUT2D eigenvalue weighted by molar-refractivity contribution is 5.96.